The largest absolute Gasteiger partial charge is 0.496 e. The van der Waals surface area contributed by atoms with Crippen molar-refractivity contribution in [1.82, 2.24) is 5.43 Å². The number of nitrogens with one attached hydrogen (secondary N) is 1. The van der Waals surface area contributed by atoms with Gasteiger partial charge in [-0.15, -0.1) is 0 Å². The number of rotatable bonds is 5. The molecule has 1 saturated heterocycles. The summed E-state index contributed by atoms with van der Waals surface area (Å²) in [6.45, 7) is 0.360. The molecule has 25 heavy (non-hydrogen) atoms. The van der Waals surface area contributed by atoms with Gasteiger partial charge < -0.3 is 9.64 Å². The van der Waals surface area contributed by atoms with Gasteiger partial charge in [-0.1, -0.05) is 30.3 Å². The van der Waals surface area contributed by atoms with Gasteiger partial charge in [-0.25, -0.2) is 5.43 Å². The molecule has 128 valence electrons. The van der Waals surface area contributed by atoms with E-state index in [1.165, 1.54) is 6.21 Å². The molecule has 0 aliphatic carbocycles. The van der Waals surface area contributed by atoms with Crippen LogP contribution in [0.1, 0.15) is 12.0 Å². The highest BCUT2D eigenvalue weighted by Gasteiger charge is 2.34. The normalized spacial score (nSPS) is 17.1. The zero-order valence-corrected chi connectivity index (χ0v) is 13.9. The molecule has 6 heteroatoms. The number of nitrogens with zero attached hydrogens (tertiary/aromatic N) is 2. The lowest BCUT2D eigenvalue weighted by atomic mass is 10.1. The second-order valence-electron chi connectivity index (χ2n) is 5.72. The Morgan fingerprint density at radius 1 is 1.20 bits per heavy atom. The highest BCUT2D eigenvalue weighted by molar-refractivity contribution is 6.00. The standard InChI is InChI=1S/C19H19N3O3/c1-25-17-10-6-5-7-14(17)12-20-21-19(24)15-11-18(23)22(13-15)16-8-3-2-4-9-16/h2-10,12,15H,11,13H2,1H3,(H,21,24)/b20-12-/t15-/m1/s1. The van der Waals surface area contributed by atoms with Crippen LogP contribution >= 0.6 is 0 Å². The van der Waals surface area contributed by atoms with E-state index in [-0.39, 0.29) is 18.2 Å². The van der Waals surface area contributed by atoms with Crippen molar-refractivity contribution < 1.29 is 14.3 Å². The van der Waals surface area contributed by atoms with Crippen LogP contribution in [-0.4, -0.2) is 31.7 Å². The van der Waals surface area contributed by atoms with Crippen molar-refractivity contribution in [2.24, 2.45) is 11.0 Å². The summed E-state index contributed by atoms with van der Waals surface area (Å²) in [6, 6.07) is 16.7. The Labute approximate surface area is 146 Å². The molecule has 1 aliphatic rings. The molecule has 1 N–H and O–H groups in total. The minimum absolute atomic E-state index is 0.0555. The number of methoxy groups -OCH3 is 1. The number of carbonyl (C=O) groups is 2. The van der Waals surface area contributed by atoms with Crippen molar-refractivity contribution in [3.63, 3.8) is 0 Å². The average Bonchev–Trinajstić information content (AvgIpc) is 3.04. The summed E-state index contributed by atoms with van der Waals surface area (Å²) in [6.07, 6.45) is 1.72. The lowest BCUT2D eigenvalue weighted by Gasteiger charge is -2.16. The van der Waals surface area contributed by atoms with Gasteiger partial charge in [0, 0.05) is 24.2 Å². The molecule has 1 fully saturated rings. The number of anilines is 1. The van der Waals surface area contributed by atoms with Crippen molar-refractivity contribution in [3.8, 4) is 5.75 Å². The van der Waals surface area contributed by atoms with Gasteiger partial charge in [-0.05, 0) is 24.3 Å². The molecule has 2 aromatic carbocycles. The van der Waals surface area contributed by atoms with Crippen LogP contribution in [0, 0.1) is 5.92 Å². The lowest BCUT2D eigenvalue weighted by molar-refractivity contribution is -0.126. The maximum atomic E-state index is 12.3. The van der Waals surface area contributed by atoms with Crippen LogP contribution in [0.15, 0.2) is 59.7 Å². The molecule has 1 aliphatic heterocycles. The smallest absolute Gasteiger partial charge is 0.245 e. The molecule has 1 heterocycles. The third kappa shape index (κ3) is 3.85. The van der Waals surface area contributed by atoms with E-state index in [2.05, 4.69) is 10.5 Å². The summed E-state index contributed by atoms with van der Waals surface area (Å²) in [5, 5.41) is 3.98. The van der Waals surface area contributed by atoms with E-state index in [9.17, 15) is 9.59 Å². The van der Waals surface area contributed by atoms with Crippen LogP contribution in [0.3, 0.4) is 0 Å². The van der Waals surface area contributed by atoms with E-state index >= 15 is 0 Å². The first-order valence-corrected chi connectivity index (χ1v) is 8.00. The molecule has 6 nitrogen and oxygen atoms in total. The molecule has 0 unspecified atom stereocenters. The summed E-state index contributed by atoms with van der Waals surface area (Å²) in [4.78, 5) is 26.1. The Morgan fingerprint density at radius 3 is 2.68 bits per heavy atom. The van der Waals surface area contributed by atoms with E-state index < -0.39 is 5.92 Å². The van der Waals surface area contributed by atoms with E-state index in [0.29, 0.717) is 12.3 Å². The van der Waals surface area contributed by atoms with E-state index in [0.717, 1.165) is 11.3 Å². The van der Waals surface area contributed by atoms with E-state index in [1.807, 2.05) is 54.6 Å². The Hall–Kier alpha value is -3.15. The molecular weight excluding hydrogens is 318 g/mol. The van der Waals surface area contributed by atoms with Crippen LogP contribution in [0.2, 0.25) is 0 Å². The first-order chi connectivity index (χ1) is 12.2. The van der Waals surface area contributed by atoms with Gasteiger partial charge in [0.2, 0.25) is 11.8 Å². The Morgan fingerprint density at radius 2 is 1.92 bits per heavy atom. The topological polar surface area (TPSA) is 71.0 Å². The number of ether oxygens (including phenoxy) is 1. The minimum atomic E-state index is -0.414. The number of para-hydroxylation sites is 2. The van der Waals surface area contributed by atoms with Crippen molar-refractivity contribution >= 4 is 23.7 Å². The monoisotopic (exact) mass is 337 g/mol. The van der Waals surface area contributed by atoms with E-state index in [1.54, 1.807) is 12.0 Å². The van der Waals surface area contributed by atoms with Crippen molar-refractivity contribution in [2.45, 2.75) is 6.42 Å². The van der Waals surface area contributed by atoms with Gasteiger partial charge in [0.25, 0.3) is 0 Å². The molecule has 0 radical (unpaired) electrons. The van der Waals surface area contributed by atoms with Crippen molar-refractivity contribution in [3.05, 3.63) is 60.2 Å². The molecular formula is C19H19N3O3. The van der Waals surface area contributed by atoms with Crippen molar-refractivity contribution in [1.29, 1.82) is 0 Å². The van der Waals surface area contributed by atoms with Gasteiger partial charge in [-0.2, -0.15) is 5.10 Å². The first kappa shape index (κ1) is 16.7. The van der Waals surface area contributed by atoms with E-state index in [4.69, 9.17) is 4.74 Å². The molecule has 3 rings (SSSR count). The SMILES string of the molecule is COc1ccccc1/C=N\NC(=O)[C@@H]1CC(=O)N(c2ccccc2)C1. The highest BCUT2D eigenvalue weighted by Crippen LogP contribution is 2.24. The number of hydrogen-bond acceptors (Lipinski definition) is 4. The van der Waals surface area contributed by atoms with Gasteiger partial charge in [-0.3, -0.25) is 9.59 Å². The first-order valence-electron chi connectivity index (χ1n) is 8.00. The summed E-state index contributed by atoms with van der Waals surface area (Å²) in [5.41, 5.74) is 4.08. The fourth-order valence-electron chi connectivity index (χ4n) is 2.77. The second-order valence-corrected chi connectivity index (χ2v) is 5.72. The van der Waals surface area contributed by atoms with Crippen LogP contribution < -0.4 is 15.1 Å². The Balaban J connectivity index is 1.61. The summed E-state index contributed by atoms with van der Waals surface area (Å²) >= 11 is 0. The zero-order valence-electron chi connectivity index (χ0n) is 13.9. The third-order valence-electron chi connectivity index (χ3n) is 4.08. The van der Waals surface area contributed by atoms with Crippen LogP contribution in [0.4, 0.5) is 5.69 Å². The Kier molecular flexibility index (Phi) is 5.09. The van der Waals surface area contributed by atoms with Crippen molar-refractivity contribution in [2.75, 3.05) is 18.6 Å². The number of benzene rings is 2. The van der Waals surface area contributed by atoms with Gasteiger partial charge >= 0.3 is 0 Å². The number of amides is 2. The van der Waals surface area contributed by atoms with Gasteiger partial charge in [0.1, 0.15) is 5.75 Å². The molecule has 0 bridgehead atoms. The summed E-state index contributed by atoms with van der Waals surface area (Å²) < 4.78 is 5.22. The number of hydrogen-bond donors (Lipinski definition) is 1. The van der Waals surface area contributed by atoms with Crippen LogP contribution in [0.5, 0.6) is 5.75 Å². The summed E-state index contributed by atoms with van der Waals surface area (Å²) in [5.74, 6) is -0.0627. The lowest BCUT2D eigenvalue weighted by Crippen LogP contribution is -2.30. The zero-order chi connectivity index (χ0) is 17.6. The third-order valence-corrected chi connectivity index (χ3v) is 4.08. The predicted octanol–water partition coefficient (Wildman–Crippen LogP) is 2.20. The van der Waals surface area contributed by atoms with Gasteiger partial charge in [0.15, 0.2) is 0 Å². The van der Waals surface area contributed by atoms with Crippen LogP contribution in [0.25, 0.3) is 0 Å². The number of carbonyl (C=O) groups excluding carboxylic acids is 2. The second kappa shape index (κ2) is 7.61. The fraction of sp³-hybridized carbons (Fsp3) is 0.211. The molecule has 1 atom stereocenters. The minimum Gasteiger partial charge on any atom is -0.496 e. The van der Waals surface area contributed by atoms with Gasteiger partial charge in [0.05, 0.1) is 19.2 Å². The molecule has 0 aromatic heterocycles. The fourth-order valence-corrected chi connectivity index (χ4v) is 2.77. The molecule has 2 aromatic rings. The predicted molar refractivity (Wildman–Crippen MR) is 95.6 cm³/mol. The quantitative estimate of drug-likeness (QED) is 0.672. The Bertz CT molecular complexity index is 790. The number of hydrazone groups is 1. The summed E-state index contributed by atoms with van der Waals surface area (Å²) in [7, 11) is 1.58. The molecule has 0 spiro atoms. The average molecular weight is 337 g/mol. The highest BCUT2D eigenvalue weighted by atomic mass is 16.5. The maximum absolute atomic E-state index is 12.3. The van der Waals surface area contributed by atoms with Crippen LogP contribution in [-0.2, 0) is 9.59 Å². The maximum Gasteiger partial charge on any atom is 0.245 e. The molecule has 0 saturated carbocycles. The molecule has 2 amide bonds.